The monoisotopic (exact) mass is 383 g/mol. The molecule has 1 aliphatic heterocycles. The SMILES string of the molecule is O=C(C1=C/C=C\C=C/C=C\1)N1CC(n2nc(C3=C/C=C\C=C/C=C\3)ccc2=O)C1. The molecule has 2 heterocycles. The molecule has 1 fully saturated rings. The summed E-state index contributed by atoms with van der Waals surface area (Å²) in [5, 5.41) is 4.56. The first kappa shape index (κ1) is 18.6. The van der Waals surface area contributed by atoms with E-state index in [9.17, 15) is 9.59 Å². The van der Waals surface area contributed by atoms with E-state index in [1.165, 1.54) is 10.7 Å². The van der Waals surface area contributed by atoms with Gasteiger partial charge in [0, 0.05) is 30.3 Å². The van der Waals surface area contributed by atoms with Gasteiger partial charge in [-0.05, 0) is 18.2 Å². The Bertz CT molecular complexity index is 1100. The van der Waals surface area contributed by atoms with Crippen LogP contribution in [0.2, 0.25) is 0 Å². The fourth-order valence-corrected chi connectivity index (χ4v) is 3.25. The molecule has 144 valence electrons. The van der Waals surface area contributed by atoms with Gasteiger partial charge < -0.3 is 4.90 Å². The highest BCUT2D eigenvalue weighted by atomic mass is 16.2. The van der Waals surface area contributed by atoms with Gasteiger partial charge in [-0.25, -0.2) is 4.68 Å². The van der Waals surface area contributed by atoms with Crippen LogP contribution in [-0.4, -0.2) is 33.7 Å². The van der Waals surface area contributed by atoms with Gasteiger partial charge in [-0.2, -0.15) is 5.10 Å². The maximum Gasteiger partial charge on any atom is 0.267 e. The Morgan fingerprint density at radius 3 is 2.28 bits per heavy atom. The molecule has 4 rings (SSSR count). The smallest absolute Gasteiger partial charge is 0.267 e. The van der Waals surface area contributed by atoms with Crippen molar-refractivity contribution in [2.24, 2.45) is 0 Å². The maximum absolute atomic E-state index is 12.7. The van der Waals surface area contributed by atoms with Crippen molar-refractivity contribution in [2.75, 3.05) is 13.1 Å². The van der Waals surface area contributed by atoms with Crippen molar-refractivity contribution in [1.29, 1.82) is 0 Å². The molecule has 5 nitrogen and oxygen atoms in total. The highest BCUT2D eigenvalue weighted by Gasteiger charge is 2.34. The highest BCUT2D eigenvalue weighted by Crippen LogP contribution is 2.23. The average molecular weight is 383 g/mol. The number of rotatable bonds is 3. The van der Waals surface area contributed by atoms with E-state index in [0.717, 1.165) is 11.3 Å². The summed E-state index contributed by atoms with van der Waals surface area (Å²) in [6, 6.07) is 3.16. The first-order valence-electron chi connectivity index (χ1n) is 9.55. The van der Waals surface area contributed by atoms with Crippen LogP contribution >= 0.6 is 0 Å². The molecule has 3 aliphatic rings. The van der Waals surface area contributed by atoms with Gasteiger partial charge in [0.05, 0.1) is 11.7 Å². The number of allylic oxidation sites excluding steroid dienone is 14. The van der Waals surface area contributed by atoms with Gasteiger partial charge >= 0.3 is 0 Å². The zero-order valence-corrected chi connectivity index (χ0v) is 15.9. The summed E-state index contributed by atoms with van der Waals surface area (Å²) in [6.45, 7) is 0.939. The molecular formula is C24H21N3O2. The fourth-order valence-electron chi connectivity index (χ4n) is 3.25. The predicted octanol–water partition coefficient (Wildman–Crippen LogP) is 3.30. The lowest BCUT2D eigenvalue weighted by atomic mass is 10.1. The Morgan fingerprint density at radius 1 is 0.828 bits per heavy atom. The standard InChI is InChI=1S/C24H21N3O2/c28-23-16-15-22(19-11-7-3-1-4-8-12-19)25-27(23)21-17-26(18-21)24(29)20-13-9-5-2-6-10-14-20/h1-16,21H,17-18H2/b3-1-,4-1?,5-2-,6-2?,7-3?,8-4-,9-5?,10-6-,11-7-,12-8?,13-9-,14-10?,19-11?,19-12+,20-13?,20-14+. The third-order valence-electron chi connectivity index (χ3n) is 4.86. The molecule has 0 bridgehead atoms. The van der Waals surface area contributed by atoms with E-state index < -0.39 is 0 Å². The molecule has 1 saturated heterocycles. The van der Waals surface area contributed by atoms with E-state index >= 15 is 0 Å². The van der Waals surface area contributed by atoms with Gasteiger partial charge in [0.15, 0.2) is 0 Å². The third-order valence-corrected chi connectivity index (χ3v) is 4.86. The number of nitrogens with zero attached hydrogens (tertiary/aromatic N) is 3. The summed E-state index contributed by atoms with van der Waals surface area (Å²) in [6.07, 6.45) is 26.6. The van der Waals surface area contributed by atoms with Crippen LogP contribution in [0.15, 0.2) is 108 Å². The van der Waals surface area contributed by atoms with Crippen LogP contribution < -0.4 is 5.56 Å². The topological polar surface area (TPSA) is 55.2 Å². The molecule has 0 N–H and O–H groups in total. The number of hydrogen-bond acceptors (Lipinski definition) is 3. The number of hydrogen-bond donors (Lipinski definition) is 0. The molecule has 5 heteroatoms. The summed E-state index contributed by atoms with van der Waals surface area (Å²) in [4.78, 5) is 26.8. The van der Waals surface area contributed by atoms with Crippen LogP contribution in [0, 0.1) is 0 Å². The highest BCUT2D eigenvalue weighted by molar-refractivity contribution is 5.97. The Balaban J connectivity index is 1.49. The summed E-state index contributed by atoms with van der Waals surface area (Å²) in [5.74, 6) is -0.0377. The van der Waals surface area contributed by atoms with E-state index in [1.54, 1.807) is 23.1 Å². The lowest BCUT2D eigenvalue weighted by Gasteiger charge is -2.39. The first-order valence-corrected chi connectivity index (χ1v) is 9.55. The minimum atomic E-state index is -0.158. The van der Waals surface area contributed by atoms with Crippen LogP contribution in [-0.2, 0) is 4.79 Å². The average Bonchev–Trinajstić information content (AvgIpc) is 2.61. The summed E-state index contributed by atoms with van der Waals surface area (Å²) in [7, 11) is 0. The molecule has 1 aromatic heterocycles. The Kier molecular flexibility index (Phi) is 5.47. The van der Waals surface area contributed by atoms with Gasteiger partial charge in [-0.3, -0.25) is 9.59 Å². The maximum atomic E-state index is 12.7. The second-order valence-corrected chi connectivity index (χ2v) is 6.87. The van der Waals surface area contributed by atoms with E-state index in [-0.39, 0.29) is 17.5 Å². The molecule has 0 atom stereocenters. The Morgan fingerprint density at radius 2 is 1.48 bits per heavy atom. The minimum Gasteiger partial charge on any atom is -0.334 e. The number of likely N-dealkylation sites (tertiary alicyclic amines) is 1. The lowest BCUT2D eigenvalue weighted by Crippen LogP contribution is -2.53. The van der Waals surface area contributed by atoms with Crippen LogP contribution in [0.4, 0.5) is 0 Å². The Hall–Kier alpha value is -3.73. The molecule has 29 heavy (non-hydrogen) atoms. The first-order chi connectivity index (χ1) is 14.2. The lowest BCUT2D eigenvalue weighted by molar-refractivity contribution is -0.132. The van der Waals surface area contributed by atoms with E-state index in [2.05, 4.69) is 5.10 Å². The second-order valence-electron chi connectivity index (χ2n) is 6.87. The summed E-state index contributed by atoms with van der Waals surface area (Å²) < 4.78 is 1.50. The summed E-state index contributed by atoms with van der Waals surface area (Å²) >= 11 is 0. The van der Waals surface area contributed by atoms with Crippen molar-refractivity contribution < 1.29 is 4.79 Å². The third kappa shape index (κ3) is 4.24. The molecule has 1 aromatic rings. The molecule has 0 radical (unpaired) electrons. The van der Waals surface area contributed by atoms with Crippen LogP contribution in [0.5, 0.6) is 0 Å². The van der Waals surface area contributed by atoms with Gasteiger partial charge in [0.25, 0.3) is 11.5 Å². The normalized spacial score (nSPS) is 28.6. The Labute approximate surface area is 169 Å². The van der Waals surface area contributed by atoms with Crippen molar-refractivity contribution in [3.63, 3.8) is 0 Å². The van der Waals surface area contributed by atoms with Crippen molar-refractivity contribution in [2.45, 2.75) is 6.04 Å². The van der Waals surface area contributed by atoms with Crippen LogP contribution in [0.3, 0.4) is 0 Å². The van der Waals surface area contributed by atoms with Gasteiger partial charge in [0.1, 0.15) is 0 Å². The zero-order chi connectivity index (χ0) is 20.1. The molecule has 0 unspecified atom stereocenters. The molecule has 1 amide bonds. The largest absolute Gasteiger partial charge is 0.334 e. The molecule has 0 spiro atoms. The van der Waals surface area contributed by atoms with Crippen LogP contribution in [0.1, 0.15) is 11.7 Å². The quantitative estimate of drug-likeness (QED) is 0.805. The van der Waals surface area contributed by atoms with Crippen molar-refractivity contribution >= 4 is 11.5 Å². The van der Waals surface area contributed by atoms with E-state index in [1.807, 2.05) is 72.9 Å². The van der Waals surface area contributed by atoms with Gasteiger partial charge in [-0.1, -0.05) is 72.9 Å². The zero-order valence-electron chi connectivity index (χ0n) is 15.9. The number of carbonyl (C=O) groups is 1. The summed E-state index contributed by atoms with van der Waals surface area (Å²) in [5.41, 5.74) is 2.13. The molecule has 0 aromatic carbocycles. The number of carbonyl (C=O) groups excluding carboxylic acids is 1. The van der Waals surface area contributed by atoms with Crippen molar-refractivity contribution in [3.8, 4) is 0 Å². The minimum absolute atomic E-state index is 0.0377. The molecule has 2 aliphatic carbocycles. The van der Waals surface area contributed by atoms with E-state index in [4.69, 9.17) is 0 Å². The number of amides is 1. The van der Waals surface area contributed by atoms with Crippen LogP contribution in [0.25, 0.3) is 5.57 Å². The van der Waals surface area contributed by atoms with Gasteiger partial charge in [0.2, 0.25) is 0 Å². The fraction of sp³-hybridized carbons (Fsp3) is 0.125. The predicted molar refractivity (Wildman–Crippen MR) is 115 cm³/mol. The van der Waals surface area contributed by atoms with Crippen molar-refractivity contribution in [1.82, 2.24) is 14.7 Å². The van der Waals surface area contributed by atoms with E-state index in [0.29, 0.717) is 18.7 Å². The molecule has 0 saturated carbocycles. The number of aromatic nitrogens is 2. The van der Waals surface area contributed by atoms with Crippen molar-refractivity contribution in [3.05, 3.63) is 119 Å². The second kappa shape index (κ2) is 8.52. The molecular weight excluding hydrogens is 362 g/mol. The van der Waals surface area contributed by atoms with Gasteiger partial charge in [-0.15, -0.1) is 0 Å².